The van der Waals surface area contributed by atoms with Crippen molar-refractivity contribution in [3.63, 3.8) is 0 Å². The lowest BCUT2D eigenvalue weighted by Gasteiger charge is -2.30. The highest BCUT2D eigenvalue weighted by molar-refractivity contribution is 7.99. The number of rotatable bonds is 9. The van der Waals surface area contributed by atoms with Crippen LogP contribution in [-0.2, 0) is 4.79 Å². The summed E-state index contributed by atoms with van der Waals surface area (Å²) >= 11 is 1.95. The van der Waals surface area contributed by atoms with Crippen molar-refractivity contribution in [1.29, 1.82) is 0 Å². The fourth-order valence-corrected chi connectivity index (χ4v) is 3.33. The minimum Gasteiger partial charge on any atom is -0.368 e. The van der Waals surface area contributed by atoms with E-state index in [2.05, 4.69) is 26.1 Å². The smallest absolute Gasteiger partial charge is 0.237 e. The predicted octanol–water partition coefficient (Wildman–Crippen LogP) is 2.54. The van der Waals surface area contributed by atoms with Gasteiger partial charge in [0.25, 0.3) is 0 Å². The molecule has 4 heteroatoms. The van der Waals surface area contributed by atoms with Gasteiger partial charge >= 0.3 is 0 Å². The van der Waals surface area contributed by atoms with Crippen molar-refractivity contribution < 1.29 is 4.79 Å². The summed E-state index contributed by atoms with van der Waals surface area (Å²) < 4.78 is 0. The van der Waals surface area contributed by atoms with Gasteiger partial charge in [0.05, 0.1) is 5.54 Å². The largest absolute Gasteiger partial charge is 0.368 e. The monoisotopic (exact) mass is 272 g/mol. The summed E-state index contributed by atoms with van der Waals surface area (Å²) in [6.07, 6.45) is 4.39. The highest BCUT2D eigenvalue weighted by Gasteiger charge is 2.38. The molecule has 1 amide bonds. The molecule has 1 rings (SSSR count). The first-order valence-corrected chi connectivity index (χ1v) is 8.11. The van der Waals surface area contributed by atoms with Crippen molar-refractivity contribution in [2.45, 2.75) is 70.2 Å². The number of nitrogens with one attached hydrogen (secondary N) is 1. The van der Waals surface area contributed by atoms with Crippen LogP contribution < -0.4 is 11.1 Å². The lowest BCUT2D eigenvalue weighted by Crippen LogP contribution is -2.55. The molecular formula is C14H28N2OS. The van der Waals surface area contributed by atoms with Crippen LogP contribution in [0.25, 0.3) is 0 Å². The molecular weight excluding hydrogens is 244 g/mol. The molecule has 3 N–H and O–H groups in total. The second kappa shape index (κ2) is 6.80. The van der Waals surface area contributed by atoms with E-state index in [1.165, 1.54) is 19.3 Å². The predicted molar refractivity (Wildman–Crippen MR) is 79.7 cm³/mol. The Hall–Kier alpha value is -0.220. The average Bonchev–Trinajstić information content (AvgIpc) is 3.09. The number of primary amides is 1. The summed E-state index contributed by atoms with van der Waals surface area (Å²) in [6.45, 7) is 8.64. The van der Waals surface area contributed by atoms with Gasteiger partial charge in [0.1, 0.15) is 0 Å². The van der Waals surface area contributed by atoms with E-state index >= 15 is 0 Å². The SMILES string of the molecule is CCC(C)CSC(C)CC(C)(NC1CC1)C(N)=O. The fourth-order valence-electron chi connectivity index (χ4n) is 1.99. The summed E-state index contributed by atoms with van der Waals surface area (Å²) in [5, 5.41) is 3.87. The number of carbonyl (C=O) groups excluding carboxylic acids is 1. The summed E-state index contributed by atoms with van der Waals surface area (Å²) in [6, 6.07) is 0.509. The van der Waals surface area contributed by atoms with E-state index in [0.29, 0.717) is 11.3 Å². The van der Waals surface area contributed by atoms with Crippen molar-refractivity contribution in [1.82, 2.24) is 5.32 Å². The molecule has 0 bridgehead atoms. The van der Waals surface area contributed by atoms with Crippen LogP contribution in [0.15, 0.2) is 0 Å². The third-order valence-electron chi connectivity index (χ3n) is 3.70. The second-order valence-corrected chi connectivity index (χ2v) is 7.45. The number of hydrogen-bond acceptors (Lipinski definition) is 3. The molecule has 0 heterocycles. The average molecular weight is 272 g/mol. The maximum Gasteiger partial charge on any atom is 0.237 e. The maximum atomic E-state index is 11.7. The molecule has 18 heavy (non-hydrogen) atoms. The Labute approximate surface area is 116 Å². The Morgan fingerprint density at radius 2 is 2.11 bits per heavy atom. The maximum absolute atomic E-state index is 11.7. The zero-order valence-corrected chi connectivity index (χ0v) is 13.0. The van der Waals surface area contributed by atoms with Gasteiger partial charge in [0.2, 0.25) is 5.91 Å². The normalized spacial score (nSPS) is 22.2. The first-order chi connectivity index (χ1) is 8.37. The Bertz CT molecular complexity index is 281. The van der Waals surface area contributed by atoms with Gasteiger partial charge in [-0.05, 0) is 37.9 Å². The van der Waals surface area contributed by atoms with Crippen LogP contribution in [-0.4, -0.2) is 28.5 Å². The third kappa shape index (κ3) is 5.19. The summed E-state index contributed by atoms with van der Waals surface area (Å²) in [7, 11) is 0. The standard InChI is InChI=1S/C14H28N2OS/c1-5-10(2)9-18-11(3)8-14(4,13(15)17)16-12-6-7-12/h10-12,16H,5-9H2,1-4H3,(H2,15,17). The minimum atomic E-state index is -0.539. The molecule has 0 aromatic carbocycles. The molecule has 0 saturated heterocycles. The first kappa shape index (κ1) is 15.8. The third-order valence-corrected chi connectivity index (χ3v) is 5.20. The lowest BCUT2D eigenvalue weighted by atomic mass is 9.95. The van der Waals surface area contributed by atoms with Crippen molar-refractivity contribution in [2.75, 3.05) is 5.75 Å². The Kier molecular flexibility index (Phi) is 5.99. The number of hydrogen-bond donors (Lipinski definition) is 2. The van der Waals surface area contributed by atoms with Gasteiger partial charge in [-0.15, -0.1) is 0 Å². The zero-order chi connectivity index (χ0) is 13.8. The van der Waals surface area contributed by atoms with Crippen LogP contribution in [0.5, 0.6) is 0 Å². The van der Waals surface area contributed by atoms with E-state index in [1.807, 2.05) is 18.7 Å². The van der Waals surface area contributed by atoms with Crippen LogP contribution in [0.2, 0.25) is 0 Å². The number of amides is 1. The lowest BCUT2D eigenvalue weighted by molar-refractivity contribution is -0.124. The second-order valence-electron chi connectivity index (χ2n) is 5.98. The molecule has 3 unspecified atom stereocenters. The minimum absolute atomic E-state index is 0.217. The fraction of sp³-hybridized carbons (Fsp3) is 0.929. The highest BCUT2D eigenvalue weighted by atomic mass is 32.2. The van der Waals surface area contributed by atoms with Crippen LogP contribution in [0.4, 0.5) is 0 Å². The quantitative estimate of drug-likeness (QED) is 0.678. The van der Waals surface area contributed by atoms with Gasteiger partial charge < -0.3 is 11.1 Å². The molecule has 1 aliphatic carbocycles. The molecule has 0 spiro atoms. The van der Waals surface area contributed by atoms with Crippen LogP contribution in [0, 0.1) is 5.92 Å². The van der Waals surface area contributed by atoms with Gasteiger partial charge in [0.15, 0.2) is 0 Å². The van der Waals surface area contributed by atoms with E-state index < -0.39 is 5.54 Å². The van der Waals surface area contributed by atoms with Crippen LogP contribution in [0.1, 0.15) is 53.4 Å². The van der Waals surface area contributed by atoms with Crippen molar-refractivity contribution in [2.24, 2.45) is 11.7 Å². The van der Waals surface area contributed by atoms with Gasteiger partial charge in [-0.3, -0.25) is 4.79 Å². The van der Waals surface area contributed by atoms with Gasteiger partial charge in [-0.1, -0.05) is 27.2 Å². The molecule has 106 valence electrons. The number of thioether (sulfide) groups is 1. The summed E-state index contributed by atoms with van der Waals surface area (Å²) in [5.41, 5.74) is 5.03. The summed E-state index contributed by atoms with van der Waals surface area (Å²) in [4.78, 5) is 11.7. The Balaban J connectivity index is 2.41. The molecule has 0 aliphatic heterocycles. The van der Waals surface area contributed by atoms with E-state index in [4.69, 9.17) is 5.73 Å². The van der Waals surface area contributed by atoms with E-state index in [1.54, 1.807) is 0 Å². The molecule has 1 saturated carbocycles. The van der Waals surface area contributed by atoms with E-state index in [-0.39, 0.29) is 5.91 Å². The molecule has 1 aliphatic rings. The van der Waals surface area contributed by atoms with Crippen molar-refractivity contribution in [3.8, 4) is 0 Å². The molecule has 1 fully saturated rings. The molecule has 0 aromatic heterocycles. The highest BCUT2D eigenvalue weighted by Crippen LogP contribution is 2.28. The molecule has 0 radical (unpaired) electrons. The zero-order valence-electron chi connectivity index (χ0n) is 12.2. The van der Waals surface area contributed by atoms with Crippen LogP contribution in [0.3, 0.4) is 0 Å². The van der Waals surface area contributed by atoms with Crippen LogP contribution >= 0.6 is 11.8 Å². The molecule has 0 aromatic rings. The Morgan fingerprint density at radius 1 is 1.50 bits per heavy atom. The molecule has 3 nitrogen and oxygen atoms in total. The van der Waals surface area contributed by atoms with Gasteiger partial charge in [0, 0.05) is 11.3 Å². The van der Waals surface area contributed by atoms with Crippen molar-refractivity contribution in [3.05, 3.63) is 0 Å². The summed E-state index contributed by atoms with van der Waals surface area (Å²) in [5.74, 6) is 1.69. The van der Waals surface area contributed by atoms with E-state index in [9.17, 15) is 4.79 Å². The Morgan fingerprint density at radius 3 is 2.56 bits per heavy atom. The number of nitrogens with two attached hydrogens (primary N) is 1. The molecule has 3 atom stereocenters. The number of carbonyl (C=O) groups is 1. The van der Waals surface area contributed by atoms with Crippen molar-refractivity contribution >= 4 is 17.7 Å². The topological polar surface area (TPSA) is 55.1 Å². The van der Waals surface area contributed by atoms with Gasteiger partial charge in [-0.25, -0.2) is 0 Å². The first-order valence-electron chi connectivity index (χ1n) is 7.06. The van der Waals surface area contributed by atoms with E-state index in [0.717, 1.165) is 18.1 Å². The van der Waals surface area contributed by atoms with Gasteiger partial charge in [-0.2, -0.15) is 11.8 Å².